The van der Waals surface area contributed by atoms with Gasteiger partial charge in [0, 0.05) is 6.08 Å². The van der Waals surface area contributed by atoms with Crippen molar-refractivity contribution in [3.05, 3.63) is 59.7 Å². The number of carbonyl (C=O) groups is 1. The van der Waals surface area contributed by atoms with Gasteiger partial charge in [0.1, 0.15) is 5.60 Å². The van der Waals surface area contributed by atoms with Crippen molar-refractivity contribution in [2.24, 2.45) is 0 Å². The quantitative estimate of drug-likeness (QED) is 0.185. The molecule has 0 saturated carbocycles. The lowest BCUT2D eigenvalue weighted by Gasteiger charge is -2.18. The normalized spacial score (nSPS) is 12.5. The maximum atomic E-state index is 12.1. The molecule has 0 bridgehead atoms. The van der Waals surface area contributed by atoms with Crippen LogP contribution in [0.2, 0.25) is 0 Å². The number of benzene rings is 1. The highest BCUT2D eigenvalue weighted by Gasteiger charge is 2.14. The smallest absolute Gasteiger partial charge is 0.331 e. The minimum absolute atomic E-state index is 0.266. The van der Waals surface area contributed by atoms with E-state index in [-0.39, 0.29) is 5.97 Å². The minimum Gasteiger partial charge on any atom is -0.457 e. The minimum atomic E-state index is -0.462. The van der Waals surface area contributed by atoms with E-state index in [0.717, 1.165) is 24.8 Å². The largest absolute Gasteiger partial charge is 0.457 e. The fraction of sp³-hybridized carbons (Fsp3) is 0.542. The van der Waals surface area contributed by atoms with E-state index in [1.165, 1.54) is 24.8 Å². The maximum Gasteiger partial charge on any atom is 0.331 e. The summed E-state index contributed by atoms with van der Waals surface area (Å²) < 4.78 is 11.1. The number of allylic oxidation sites excluding steroid dienone is 2. The van der Waals surface area contributed by atoms with Crippen LogP contribution in [0.3, 0.4) is 0 Å². The van der Waals surface area contributed by atoms with E-state index in [1.54, 1.807) is 6.08 Å². The van der Waals surface area contributed by atoms with E-state index >= 15 is 0 Å². The zero-order valence-corrected chi connectivity index (χ0v) is 17.5. The monoisotopic (exact) mass is 372 g/mol. The first-order chi connectivity index (χ1) is 12.9. The molecule has 3 nitrogen and oxygen atoms in total. The Balaban J connectivity index is 2.45. The molecule has 0 spiro atoms. The van der Waals surface area contributed by atoms with Crippen molar-refractivity contribution >= 4 is 5.97 Å². The topological polar surface area (TPSA) is 35.5 Å². The highest BCUT2D eigenvalue weighted by atomic mass is 16.6. The van der Waals surface area contributed by atoms with E-state index in [2.05, 4.69) is 25.1 Å². The average molecular weight is 373 g/mol. The third kappa shape index (κ3) is 13.0. The van der Waals surface area contributed by atoms with Crippen LogP contribution >= 0.6 is 0 Å². The lowest BCUT2D eigenvalue weighted by Crippen LogP contribution is -2.22. The van der Waals surface area contributed by atoms with Crippen LogP contribution in [-0.4, -0.2) is 18.2 Å². The van der Waals surface area contributed by atoms with Gasteiger partial charge in [0.25, 0.3) is 0 Å². The van der Waals surface area contributed by atoms with Crippen molar-refractivity contribution in [1.29, 1.82) is 0 Å². The van der Waals surface area contributed by atoms with Crippen molar-refractivity contribution in [3.63, 3.8) is 0 Å². The predicted octanol–water partition coefficient (Wildman–Crippen LogP) is 6.39. The van der Waals surface area contributed by atoms with Crippen LogP contribution in [0.1, 0.15) is 71.8 Å². The fourth-order valence-corrected chi connectivity index (χ4v) is 2.59. The van der Waals surface area contributed by atoms with Crippen molar-refractivity contribution in [2.75, 3.05) is 6.61 Å². The Morgan fingerprint density at radius 2 is 1.81 bits per heavy atom. The SMILES string of the molecule is CCCCCCC(/C=C/CCOCc1ccccc1)=C\C(=O)OC(C)(C)C. The number of esters is 1. The van der Waals surface area contributed by atoms with Gasteiger partial charge in [-0.25, -0.2) is 4.79 Å². The summed E-state index contributed by atoms with van der Waals surface area (Å²) in [5.74, 6) is -0.266. The van der Waals surface area contributed by atoms with Gasteiger partial charge in [-0.1, -0.05) is 68.7 Å². The molecule has 0 aliphatic rings. The summed E-state index contributed by atoms with van der Waals surface area (Å²) >= 11 is 0. The number of hydrogen-bond acceptors (Lipinski definition) is 3. The second kappa shape index (κ2) is 13.3. The van der Waals surface area contributed by atoms with E-state index in [9.17, 15) is 4.79 Å². The van der Waals surface area contributed by atoms with Crippen LogP contribution < -0.4 is 0 Å². The van der Waals surface area contributed by atoms with Gasteiger partial charge in [-0.05, 0) is 51.2 Å². The van der Waals surface area contributed by atoms with Crippen molar-refractivity contribution in [3.8, 4) is 0 Å². The molecule has 0 fully saturated rings. The zero-order valence-electron chi connectivity index (χ0n) is 17.5. The number of rotatable bonds is 12. The maximum absolute atomic E-state index is 12.1. The molecule has 0 unspecified atom stereocenters. The predicted molar refractivity (Wildman–Crippen MR) is 113 cm³/mol. The summed E-state index contributed by atoms with van der Waals surface area (Å²) in [6, 6.07) is 10.2. The average Bonchev–Trinajstić information content (AvgIpc) is 2.60. The second-order valence-electron chi connectivity index (χ2n) is 7.79. The molecule has 0 aliphatic carbocycles. The molecule has 0 N–H and O–H groups in total. The molecule has 1 rings (SSSR count). The second-order valence-corrected chi connectivity index (χ2v) is 7.79. The Morgan fingerprint density at radius 1 is 1.07 bits per heavy atom. The molecule has 0 amide bonds. The lowest BCUT2D eigenvalue weighted by molar-refractivity contribution is -0.148. The molecule has 1 aromatic rings. The lowest BCUT2D eigenvalue weighted by atomic mass is 10.1. The van der Waals surface area contributed by atoms with Crippen LogP contribution in [-0.2, 0) is 20.9 Å². The van der Waals surface area contributed by atoms with Gasteiger partial charge in [-0.15, -0.1) is 0 Å². The Hall–Kier alpha value is -1.87. The van der Waals surface area contributed by atoms with Crippen LogP contribution in [0.25, 0.3) is 0 Å². The van der Waals surface area contributed by atoms with E-state index < -0.39 is 5.60 Å². The Kier molecular flexibility index (Phi) is 11.4. The van der Waals surface area contributed by atoms with Gasteiger partial charge < -0.3 is 9.47 Å². The van der Waals surface area contributed by atoms with E-state index in [4.69, 9.17) is 9.47 Å². The molecule has 3 heteroatoms. The fourth-order valence-electron chi connectivity index (χ4n) is 2.59. The zero-order chi connectivity index (χ0) is 20.0. The molecule has 0 atom stereocenters. The molecule has 0 aromatic heterocycles. The highest BCUT2D eigenvalue weighted by molar-refractivity contribution is 5.83. The summed E-state index contributed by atoms with van der Waals surface area (Å²) in [6.07, 6.45) is 12.2. The van der Waals surface area contributed by atoms with Crippen LogP contribution in [0.5, 0.6) is 0 Å². The Bertz CT molecular complexity index is 579. The number of hydrogen-bond donors (Lipinski definition) is 0. The van der Waals surface area contributed by atoms with Crippen LogP contribution in [0, 0.1) is 0 Å². The van der Waals surface area contributed by atoms with Gasteiger partial charge in [0.2, 0.25) is 0 Å². The number of carbonyl (C=O) groups excluding carboxylic acids is 1. The molecule has 0 radical (unpaired) electrons. The number of unbranched alkanes of at least 4 members (excludes halogenated alkanes) is 3. The van der Waals surface area contributed by atoms with Crippen LogP contribution in [0.15, 0.2) is 54.1 Å². The van der Waals surface area contributed by atoms with Gasteiger partial charge in [-0.3, -0.25) is 0 Å². The van der Waals surface area contributed by atoms with Gasteiger partial charge in [-0.2, -0.15) is 0 Å². The molecule has 27 heavy (non-hydrogen) atoms. The molecule has 0 aliphatic heterocycles. The summed E-state index contributed by atoms with van der Waals surface area (Å²) in [5.41, 5.74) is 1.75. The Morgan fingerprint density at radius 3 is 2.48 bits per heavy atom. The van der Waals surface area contributed by atoms with Gasteiger partial charge >= 0.3 is 5.97 Å². The number of ether oxygens (including phenoxy) is 2. The first-order valence-corrected chi connectivity index (χ1v) is 10.1. The van der Waals surface area contributed by atoms with Gasteiger partial charge in [0.05, 0.1) is 13.2 Å². The standard InChI is InChI=1S/C24H36O3/c1-5-6-7-9-14-21(19-23(25)27-24(2,3)4)15-12-13-18-26-20-22-16-10-8-11-17-22/h8,10-12,15-17,19H,5-7,9,13-14,18,20H2,1-4H3/b15-12+,21-19+. The van der Waals surface area contributed by atoms with Crippen molar-refractivity contribution < 1.29 is 14.3 Å². The third-order valence-electron chi connectivity index (χ3n) is 3.90. The van der Waals surface area contributed by atoms with Crippen LogP contribution in [0.4, 0.5) is 0 Å². The molecular weight excluding hydrogens is 336 g/mol. The molecule has 0 heterocycles. The third-order valence-corrected chi connectivity index (χ3v) is 3.90. The summed E-state index contributed by atoms with van der Waals surface area (Å²) in [5, 5.41) is 0. The van der Waals surface area contributed by atoms with E-state index in [0.29, 0.717) is 13.2 Å². The highest BCUT2D eigenvalue weighted by Crippen LogP contribution is 2.14. The molecule has 1 aromatic carbocycles. The van der Waals surface area contributed by atoms with Crippen molar-refractivity contribution in [2.45, 2.75) is 78.4 Å². The first-order valence-electron chi connectivity index (χ1n) is 10.1. The molecule has 0 saturated heterocycles. The molecular formula is C24H36O3. The van der Waals surface area contributed by atoms with Gasteiger partial charge in [0.15, 0.2) is 0 Å². The molecule has 150 valence electrons. The van der Waals surface area contributed by atoms with Crippen molar-refractivity contribution in [1.82, 2.24) is 0 Å². The first kappa shape index (κ1) is 23.2. The Labute approximate surface area is 165 Å². The summed E-state index contributed by atoms with van der Waals surface area (Å²) in [6.45, 7) is 9.17. The summed E-state index contributed by atoms with van der Waals surface area (Å²) in [7, 11) is 0. The summed E-state index contributed by atoms with van der Waals surface area (Å²) in [4.78, 5) is 12.1. The van der Waals surface area contributed by atoms with E-state index in [1.807, 2.05) is 45.0 Å².